The molecule has 0 aliphatic carbocycles. The molecule has 1 aromatic carbocycles. The normalized spacial score (nSPS) is 15.6. The van der Waals surface area contributed by atoms with Crippen LogP contribution in [0.1, 0.15) is 30.3 Å². The molecule has 1 atom stereocenters. The fourth-order valence-electron chi connectivity index (χ4n) is 3.73. The zero-order valence-corrected chi connectivity index (χ0v) is 18.0. The summed E-state index contributed by atoms with van der Waals surface area (Å²) in [7, 11) is 0. The van der Waals surface area contributed by atoms with Crippen LogP contribution in [0.15, 0.2) is 42.6 Å². The van der Waals surface area contributed by atoms with Crippen LogP contribution >= 0.6 is 12.4 Å². The quantitative estimate of drug-likeness (QED) is 0.583. The third-order valence-electron chi connectivity index (χ3n) is 5.12. The molecule has 0 N–H and O–H groups in total. The summed E-state index contributed by atoms with van der Waals surface area (Å²) in [6.07, 6.45) is 3.02. The zero-order valence-electron chi connectivity index (χ0n) is 17.2. The Labute approximate surface area is 182 Å². The second-order valence-corrected chi connectivity index (χ2v) is 7.23. The van der Waals surface area contributed by atoms with Gasteiger partial charge in [0.1, 0.15) is 24.1 Å². The Morgan fingerprint density at radius 3 is 2.83 bits per heavy atom. The molecule has 0 spiro atoms. The molecule has 7 heteroatoms. The van der Waals surface area contributed by atoms with Gasteiger partial charge < -0.3 is 14.4 Å². The predicted molar refractivity (Wildman–Crippen MR) is 119 cm³/mol. The molecular formula is C23H25ClN4O2. The van der Waals surface area contributed by atoms with Crippen molar-refractivity contribution in [2.24, 2.45) is 0 Å². The predicted octanol–water partition coefficient (Wildman–Crippen LogP) is 4.43. The van der Waals surface area contributed by atoms with Crippen molar-refractivity contribution >= 4 is 29.0 Å². The molecule has 4 rings (SSSR count). The summed E-state index contributed by atoms with van der Waals surface area (Å²) in [4.78, 5) is 11.2. The van der Waals surface area contributed by atoms with Crippen molar-refractivity contribution in [3.8, 4) is 11.8 Å². The van der Waals surface area contributed by atoms with E-state index < -0.39 is 0 Å². The number of aromatic nitrogens is 2. The average Bonchev–Trinajstić information content (AvgIpc) is 3.20. The maximum Gasteiger partial charge on any atom is 0.140 e. The van der Waals surface area contributed by atoms with Crippen LogP contribution in [-0.2, 0) is 11.3 Å². The lowest BCUT2D eigenvalue weighted by atomic mass is 10.1. The molecule has 0 radical (unpaired) electrons. The second-order valence-electron chi connectivity index (χ2n) is 7.23. The van der Waals surface area contributed by atoms with Crippen LogP contribution in [0.4, 0.5) is 5.69 Å². The smallest absolute Gasteiger partial charge is 0.140 e. The van der Waals surface area contributed by atoms with E-state index in [-0.39, 0.29) is 12.4 Å². The molecule has 1 fully saturated rings. The van der Waals surface area contributed by atoms with E-state index >= 15 is 0 Å². The summed E-state index contributed by atoms with van der Waals surface area (Å²) in [6, 6.07) is 13.8. The van der Waals surface area contributed by atoms with Gasteiger partial charge in [-0.25, -0.2) is 4.98 Å². The lowest BCUT2D eigenvalue weighted by Crippen LogP contribution is -2.23. The summed E-state index contributed by atoms with van der Waals surface area (Å²) < 4.78 is 11.7. The third kappa shape index (κ3) is 4.81. The van der Waals surface area contributed by atoms with Crippen LogP contribution in [-0.4, -0.2) is 35.8 Å². The molecule has 0 saturated carbocycles. The fourth-order valence-corrected chi connectivity index (χ4v) is 3.73. The Bertz CT molecular complexity index is 1050. The Kier molecular flexibility index (Phi) is 7.09. The highest BCUT2D eigenvalue weighted by Gasteiger charge is 2.24. The molecule has 0 bridgehead atoms. The Balaban J connectivity index is 0.00000256. The molecule has 156 valence electrons. The van der Waals surface area contributed by atoms with Gasteiger partial charge in [-0.3, -0.25) is 4.98 Å². The average molecular weight is 425 g/mol. The number of nitriles is 1. The minimum Gasteiger partial charge on any atom is -0.489 e. The molecule has 1 saturated heterocycles. The second kappa shape index (κ2) is 9.75. The van der Waals surface area contributed by atoms with Gasteiger partial charge in [-0.2, -0.15) is 5.26 Å². The molecule has 1 aliphatic rings. The standard InChI is InChI=1S/C23H24N4O2.ClH/c1-3-28-20-8-9-27(14-20)23-10-16(2)26-22-11-19(6-7-21(22)23)29-15-17-4-5-18(12-24)25-13-17;/h4-7,10-11,13,20H,3,8-9,14-15H2,1-2H3;1H/t20-;/m0./s1. The van der Waals surface area contributed by atoms with Crippen LogP contribution in [0.25, 0.3) is 10.9 Å². The first-order valence-electron chi connectivity index (χ1n) is 9.92. The van der Waals surface area contributed by atoms with Crippen molar-refractivity contribution in [3.63, 3.8) is 0 Å². The molecule has 6 nitrogen and oxygen atoms in total. The lowest BCUT2D eigenvalue weighted by molar-refractivity contribution is 0.0788. The summed E-state index contributed by atoms with van der Waals surface area (Å²) in [5, 5.41) is 9.97. The highest BCUT2D eigenvalue weighted by atomic mass is 35.5. The van der Waals surface area contributed by atoms with Crippen LogP contribution in [0.5, 0.6) is 5.75 Å². The van der Waals surface area contributed by atoms with E-state index in [0.29, 0.717) is 18.4 Å². The van der Waals surface area contributed by atoms with Gasteiger partial charge >= 0.3 is 0 Å². The van der Waals surface area contributed by atoms with Crippen molar-refractivity contribution < 1.29 is 9.47 Å². The summed E-state index contributed by atoms with van der Waals surface area (Å²) in [6.45, 7) is 7.12. The highest BCUT2D eigenvalue weighted by Crippen LogP contribution is 2.32. The van der Waals surface area contributed by atoms with Gasteiger partial charge in [0.25, 0.3) is 0 Å². The van der Waals surface area contributed by atoms with Crippen LogP contribution in [0, 0.1) is 18.3 Å². The summed E-state index contributed by atoms with van der Waals surface area (Å²) >= 11 is 0. The minimum absolute atomic E-state index is 0. The van der Waals surface area contributed by atoms with Crippen LogP contribution < -0.4 is 9.64 Å². The van der Waals surface area contributed by atoms with Crippen LogP contribution in [0.2, 0.25) is 0 Å². The molecule has 0 amide bonds. The lowest BCUT2D eigenvalue weighted by Gasteiger charge is -2.21. The Morgan fingerprint density at radius 1 is 1.23 bits per heavy atom. The number of hydrogen-bond acceptors (Lipinski definition) is 6. The summed E-state index contributed by atoms with van der Waals surface area (Å²) in [5.41, 5.74) is 4.44. The zero-order chi connectivity index (χ0) is 20.2. The van der Waals surface area contributed by atoms with Crippen molar-refractivity contribution in [1.29, 1.82) is 5.26 Å². The minimum atomic E-state index is 0. The van der Waals surface area contributed by atoms with Crippen molar-refractivity contribution in [3.05, 3.63) is 59.5 Å². The monoisotopic (exact) mass is 424 g/mol. The van der Waals surface area contributed by atoms with Crippen molar-refractivity contribution in [2.45, 2.75) is 33.0 Å². The number of aryl methyl sites for hydroxylation is 1. The number of pyridine rings is 2. The molecule has 2 aromatic heterocycles. The van der Waals surface area contributed by atoms with E-state index in [0.717, 1.165) is 54.0 Å². The third-order valence-corrected chi connectivity index (χ3v) is 5.12. The highest BCUT2D eigenvalue weighted by molar-refractivity contribution is 5.93. The first-order chi connectivity index (χ1) is 14.2. The molecule has 3 aromatic rings. The van der Waals surface area contributed by atoms with E-state index in [1.54, 1.807) is 12.3 Å². The van der Waals surface area contributed by atoms with Crippen LogP contribution in [0.3, 0.4) is 0 Å². The summed E-state index contributed by atoms with van der Waals surface area (Å²) in [5.74, 6) is 0.763. The molecule has 1 aliphatic heterocycles. The van der Waals surface area contributed by atoms with Gasteiger partial charge in [-0.15, -0.1) is 12.4 Å². The Morgan fingerprint density at radius 2 is 2.10 bits per heavy atom. The number of anilines is 1. The number of fused-ring (bicyclic) bond motifs is 1. The van der Waals surface area contributed by atoms with Gasteiger partial charge in [0, 0.05) is 54.3 Å². The maximum absolute atomic E-state index is 8.84. The molecule has 0 unspecified atom stereocenters. The van der Waals surface area contributed by atoms with E-state index in [4.69, 9.17) is 19.7 Å². The van der Waals surface area contributed by atoms with Gasteiger partial charge in [-0.1, -0.05) is 6.07 Å². The number of hydrogen-bond donors (Lipinski definition) is 0. The van der Waals surface area contributed by atoms with Gasteiger partial charge in [0.05, 0.1) is 11.6 Å². The van der Waals surface area contributed by atoms with Crippen molar-refractivity contribution in [2.75, 3.05) is 24.6 Å². The van der Waals surface area contributed by atoms with Crippen molar-refractivity contribution in [1.82, 2.24) is 9.97 Å². The number of ether oxygens (including phenoxy) is 2. The number of benzene rings is 1. The molecule has 3 heterocycles. The number of halogens is 1. The van der Waals surface area contributed by atoms with Gasteiger partial charge in [0.15, 0.2) is 0 Å². The van der Waals surface area contributed by atoms with E-state index in [1.165, 1.54) is 5.69 Å². The first-order valence-corrected chi connectivity index (χ1v) is 9.92. The molecular weight excluding hydrogens is 400 g/mol. The Hall–Kier alpha value is -2.88. The van der Waals surface area contributed by atoms with E-state index in [2.05, 4.69) is 22.0 Å². The fraction of sp³-hybridized carbons (Fsp3) is 0.348. The number of nitrogens with zero attached hydrogens (tertiary/aromatic N) is 4. The van der Waals surface area contributed by atoms with Gasteiger partial charge in [0.2, 0.25) is 0 Å². The maximum atomic E-state index is 8.84. The van der Waals surface area contributed by atoms with Gasteiger partial charge in [-0.05, 0) is 44.5 Å². The molecule has 30 heavy (non-hydrogen) atoms. The van der Waals surface area contributed by atoms with E-state index in [9.17, 15) is 0 Å². The van der Waals surface area contributed by atoms with E-state index in [1.807, 2.05) is 38.1 Å². The first kappa shape index (κ1) is 21.8. The topological polar surface area (TPSA) is 71.3 Å². The number of rotatable bonds is 6. The largest absolute Gasteiger partial charge is 0.489 e. The SMILES string of the molecule is CCO[C@H]1CCN(c2cc(C)nc3cc(OCc4ccc(C#N)nc4)ccc23)C1.Cl.